The topological polar surface area (TPSA) is 50.9 Å². The van der Waals surface area contributed by atoms with Gasteiger partial charge in [-0.3, -0.25) is 16.3 Å². The molecule has 19 heavy (non-hydrogen) atoms. The van der Waals surface area contributed by atoms with Crippen LogP contribution in [0.3, 0.4) is 0 Å². The fourth-order valence-corrected chi connectivity index (χ4v) is 2.57. The molecule has 2 aromatic rings. The van der Waals surface area contributed by atoms with Crippen molar-refractivity contribution in [2.45, 2.75) is 10.9 Å². The minimum absolute atomic E-state index is 0.280. The summed E-state index contributed by atoms with van der Waals surface area (Å²) in [6.07, 6.45) is 2.67. The Hall–Kier alpha value is -1.50. The van der Waals surface area contributed by atoms with Crippen LogP contribution in [0.1, 0.15) is 11.6 Å². The van der Waals surface area contributed by atoms with E-state index in [9.17, 15) is 8.78 Å². The number of rotatable bonds is 5. The Morgan fingerprint density at radius 1 is 1.21 bits per heavy atom. The van der Waals surface area contributed by atoms with Gasteiger partial charge in [0.1, 0.15) is 11.6 Å². The van der Waals surface area contributed by atoms with E-state index in [-0.39, 0.29) is 11.9 Å². The van der Waals surface area contributed by atoms with Gasteiger partial charge in [-0.15, -0.1) is 11.8 Å². The molecule has 0 aliphatic carbocycles. The highest BCUT2D eigenvalue weighted by molar-refractivity contribution is 7.99. The second kappa shape index (κ2) is 6.60. The molecule has 0 saturated heterocycles. The van der Waals surface area contributed by atoms with Gasteiger partial charge in [0, 0.05) is 22.4 Å². The summed E-state index contributed by atoms with van der Waals surface area (Å²) in [4.78, 5) is 4.60. The van der Waals surface area contributed by atoms with Crippen LogP contribution in [0.25, 0.3) is 0 Å². The fourth-order valence-electron chi connectivity index (χ4n) is 1.61. The van der Waals surface area contributed by atoms with Crippen LogP contribution in [0.2, 0.25) is 0 Å². The van der Waals surface area contributed by atoms with Crippen LogP contribution in [0.4, 0.5) is 8.78 Å². The molecule has 1 atom stereocenters. The number of aromatic nitrogens is 1. The number of hydrogen-bond donors (Lipinski definition) is 2. The van der Waals surface area contributed by atoms with Gasteiger partial charge in [-0.1, -0.05) is 0 Å². The van der Waals surface area contributed by atoms with Gasteiger partial charge in [0.15, 0.2) is 0 Å². The molecule has 100 valence electrons. The standard InChI is InChI=1S/C13H13F2N3S/c14-9-1-3-10(4-2-9)19-8-13(18-16)11-5-6-17-7-12(11)15/h1-7,13,18H,8,16H2. The van der Waals surface area contributed by atoms with Gasteiger partial charge in [0.05, 0.1) is 12.2 Å². The number of nitrogens with two attached hydrogens (primary N) is 1. The maximum atomic E-state index is 13.6. The Bertz CT molecular complexity index is 534. The van der Waals surface area contributed by atoms with Gasteiger partial charge in [0.25, 0.3) is 0 Å². The molecule has 3 nitrogen and oxygen atoms in total. The molecule has 2 rings (SSSR count). The zero-order valence-corrected chi connectivity index (χ0v) is 10.8. The molecule has 1 aromatic carbocycles. The Morgan fingerprint density at radius 3 is 2.58 bits per heavy atom. The molecule has 0 aliphatic rings. The third-order valence-corrected chi connectivity index (χ3v) is 3.72. The molecular formula is C13H13F2N3S. The number of benzene rings is 1. The van der Waals surface area contributed by atoms with Crippen LogP contribution in [0, 0.1) is 11.6 Å². The number of pyridine rings is 1. The zero-order chi connectivity index (χ0) is 13.7. The molecule has 0 radical (unpaired) electrons. The molecule has 1 aromatic heterocycles. The van der Waals surface area contributed by atoms with Gasteiger partial charge >= 0.3 is 0 Å². The predicted octanol–water partition coefficient (Wildman–Crippen LogP) is 2.66. The van der Waals surface area contributed by atoms with Crippen molar-refractivity contribution in [3.8, 4) is 0 Å². The zero-order valence-electron chi connectivity index (χ0n) is 10.0. The van der Waals surface area contributed by atoms with Crippen molar-refractivity contribution in [3.63, 3.8) is 0 Å². The first-order valence-corrected chi connectivity index (χ1v) is 6.63. The second-order valence-corrected chi connectivity index (χ2v) is 4.97. The van der Waals surface area contributed by atoms with Gasteiger partial charge in [-0.2, -0.15) is 0 Å². The third kappa shape index (κ3) is 3.73. The van der Waals surface area contributed by atoms with E-state index in [1.807, 2.05) is 0 Å². The molecule has 3 N–H and O–H groups in total. The first kappa shape index (κ1) is 13.9. The number of halogens is 2. The number of hydrogen-bond acceptors (Lipinski definition) is 4. The maximum absolute atomic E-state index is 13.6. The normalized spacial score (nSPS) is 12.4. The maximum Gasteiger partial charge on any atom is 0.146 e. The fraction of sp³-hybridized carbons (Fsp3) is 0.154. The number of hydrazine groups is 1. The lowest BCUT2D eigenvalue weighted by Crippen LogP contribution is -2.30. The summed E-state index contributed by atoms with van der Waals surface area (Å²) in [6.45, 7) is 0. The van der Waals surface area contributed by atoms with E-state index in [0.29, 0.717) is 11.3 Å². The van der Waals surface area contributed by atoms with Crippen molar-refractivity contribution >= 4 is 11.8 Å². The van der Waals surface area contributed by atoms with Crippen LogP contribution in [-0.2, 0) is 0 Å². The van der Waals surface area contributed by atoms with Gasteiger partial charge in [0.2, 0.25) is 0 Å². The van der Waals surface area contributed by atoms with E-state index in [2.05, 4.69) is 10.4 Å². The van der Waals surface area contributed by atoms with Gasteiger partial charge < -0.3 is 0 Å². The van der Waals surface area contributed by atoms with Crippen LogP contribution < -0.4 is 11.3 Å². The van der Waals surface area contributed by atoms with Crippen molar-refractivity contribution in [2.75, 3.05) is 5.75 Å². The molecule has 0 bridgehead atoms. The molecular weight excluding hydrogens is 268 g/mol. The van der Waals surface area contributed by atoms with E-state index >= 15 is 0 Å². The summed E-state index contributed by atoms with van der Waals surface area (Å²) in [5, 5.41) is 0. The summed E-state index contributed by atoms with van der Waals surface area (Å²) < 4.78 is 26.4. The van der Waals surface area contributed by atoms with E-state index in [1.165, 1.54) is 30.1 Å². The first-order valence-electron chi connectivity index (χ1n) is 5.64. The monoisotopic (exact) mass is 281 g/mol. The van der Waals surface area contributed by atoms with Crippen molar-refractivity contribution < 1.29 is 8.78 Å². The average Bonchev–Trinajstić information content (AvgIpc) is 2.43. The van der Waals surface area contributed by atoms with E-state index in [4.69, 9.17) is 5.84 Å². The van der Waals surface area contributed by atoms with Gasteiger partial charge in [-0.05, 0) is 30.3 Å². The van der Waals surface area contributed by atoms with Crippen molar-refractivity contribution in [3.05, 3.63) is 59.9 Å². The molecule has 0 fully saturated rings. The molecule has 6 heteroatoms. The quantitative estimate of drug-likeness (QED) is 0.502. The lowest BCUT2D eigenvalue weighted by atomic mass is 10.1. The lowest BCUT2D eigenvalue weighted by Gasteiger charge is -2.16. The van der Waals surface area contributed by atoms with Crippen LogP contribution in [-0.4, -0.2) is 10.7 Å². The average molecular weight is 281 g/mol. The summed E-state index contributed by atoms with van der Waals surface area (Å²) >= 11 is 1.47. The third-order valence-electron chi connectivity index (χ3n) is 2.61. The molecule has 1 heterocycles. The first-order chi connectivity index (χ1) is 9.20. The summed E-state index contributed by atoms with van der Waals surface area (Å²) in [5.74, 6) is 5.30. The highest BCUT2D eigenvalue weighted by Gasteiger charge is 2.14. The molecule has 0 spiro atoms. The molecule has 0 aliphatic heterocycles. The second-order valence-electron chi connectivity index (χ2n) is 3.88. The summed E-state index contributed by atoms with van der Waals surface area (Å²) in [5.41, 5.74) is 3.04. The van der Waals surface area contributed by atoms with E-state index in [1.54, 1.807) is 18.2 Å². The summed E-state index contributed by atoms with van der Waals surface area (Å²) in [7, 11) is 0. The highest BCUT2D eigenvalue weighted by atomic mass is 32.2. The predicted molar refractivity (Wildman–Crippen MR) is 71.4 cm³/mol. The van der Waals surface area contributed by atoms with Crippen LogP contribution in [0.5, 0.6) is 0 Å². The highest BCUT2D eigenvalue weighted by Crippen LogP contribution is 2.25. The number of nitrogens with one attached hydrogen (secondary N) is 1. The van der Waals surface area contributed by atoms with Crippen molar-refractivity contribution in [2.24, 2.45) is 5.84 Å². The summed E-state index contributed by atoms with van der Waals surface area (Å²) in [6, 6.07) is 7.39. The smallest absolute Gasteiger partial charge is 0.146 e. The van der Waals surface area contributed by atoms with E-state index in [0.717, 1.165) is 11.1 Å². The Kier molecular flexibility index (Phi) is 4.84. The molecule has 0 amide bonds. The lowest BCUT2D eigenvalue weighted by molar-refractivity contribution is 0.542. The van der Waals surface area contributed by atoms with E-state index < -0.39 is 5.82 Å². The Labute approximate surface area is 114 Å². The number of thioether (sulfide) groups is 1. The SMILES string of the molecule is NNC(CSc1ccc(F)cc1)c1ccncc1F. The molecule has 0 saturated carbocycles. The van der Waals surface area contributed by atoms with Gasteiger partial charge in [-0.25, -0.2) is 8.78 Å². The van der Waals surface area contributed by atoms with Crippen molar-refractivity contribution in [1.29, 1.82) is 0 Å². The van der Waals surface area contributed by atoms with Crippen LogP contribution >= 0.6 is 11.8 Å². The minimum Gasteiger partial charge on any atom is -0.271 e. The Balaban J connectivity index is 2.04. The van der Waals surface area contributed by atoms with Crippen molar-refractivity contribution in [1.82, 2.24) is 10.4 Å². The molecule has 1 unspecified atom stereocenters. The number of nitrogens with zero attached hydrogens (tertiary/aromatic N) is 1. The minimum atomic E-state index is -0.398. The largest absolute Gasteiger partial charge is 0.271 e. The Morgan fingerprint density at radius 2 is 1.95 bits per heavy atom. The van der Waals surface area contributed by atoms with Crippen LogP contribution in [0.15, 0.2) is 47.6 Å².